The summed E-state index contributed by atoms with van der Waals surface area (Å²) >= 11 is 5.85. The third-order valence-corrected chi connectivity index (χ3v) is 5.17. The first-order valence-electron chi connectivity index (χ1n) is 7.74. The fraction of sp³-hybridized carbons (Fsp3) is 0.222. The molecule has 0 bridgehead atoms. The van der Waals surface area contributed by atoms with Gasteiger partial charge in [-0.3, -0.25) is 9.10 Å². The Morgan fingerprint density at radius 2 is 1.77 bits per heavy atom. The largest absolute Gasteiger partial charge is 0.324 e. The Hall–Kier alpha value is -2.56. The van der Waals surface area contributed by atoms with Crippen LogP contribution in [0.15, 0.2) is 48.5 Å². The molecule has 0 aliphatic heterocycles. The number of carbonyl (C=O) groups excluding carboxylic acids is 1. The zero-order chi connectivity index (χ0) is 19.3. The Kier molecular flexibility index (Phi) is 6.24. The van der Waals surface area contributed by atoms with Gasteiger partial charge in [0.25, 0.3) is 0 Å². The fourth-order valence-corrected chi connectivity index (χ4v) is 3.74. The number of halogens is 1. The van der Waals surface area contributed by atoms with Crippen LogP contribution in [0.25, 0.3) is 0 Å². The van der Waals surface area contributed by atoms with E-state index in [1.807, 2.05) is 6.07 Å². The van der Waals surface area contributed by atoms with Gasteiger partial charge in [0.15, 0.2) is 0 Å². The van der Waals surface area contributed by atoms with Crippen molar-refractivity contribution in [2.45, 2.75) is 19.4 Å². The number of benzene rings is 2. The van der Waals surface area contributed by atoms with Crippen LogP contribution >= 0.6 is 11.6 Å². The third kappa shape index (κ3) is 4.97. The minimum atomic E-state index is -3.69. The molecule has 0 radical (unpaired) electrons. The average Bonchev–Trinajstić information content (AvgIpc) is 2.57. The molecule has 1 amide bonds. The second kappa shape index (κ2) is 8.21. The number of nitrogens with one attached hydrogen (secondary N) is 1. The van der Waals surface area contributed by atoms with Gasteiger partial charge in [0.05, 0.1) is 24.4 Å². The van der Waals surface area contributed by atoms with Crippen molar-refractivity contribution in [3.8, 4) is 6.07 Å². The first kappa shape index (κ1) is 19.8. The van der Waals surface area contributed by atoms with Gasteiger partial charge >= 0.3 is 0 Å². The maximum atomic E-state index is 12.6. The molecule has 0 saturated carbocycles. The summed E-state index contributed by atoms with van der Waals surface area (Å²) < 4.78 is 25.5. The summed E-state index contributed by atoms with van der Waals surface area (Å²) in [7, 11) is -3.69. The Morgan fingerprint density at radius 3 is 2.27 bits per heavy atom. The molecule has 0 aliphatic carbocycles. The summed E-state index contributed by atoms with van der Waals surface area (Å²) in [5.74, 6) is -0.474. The number of nitriles is 1. The van der Waals surface area contributed by atoms with Crippen molar-refractivity contribution in [3.63, 3.8) is 0 Å². The van der Waals surface area contributed by atoms with Crippen LogP contribution in [0.2, 0.25) is 5.02 Å². The van der Waals surface area contributed by atoms with E-state index in [2.05, 4.69) is 5.32 Å². The molecule has 6 nitrogen and oxygen atoms in total. The van der Waals surface area contributed by atoms with Gasteiger partial charge < -0.3 is 5.32 Å². The topological polar surface area (TPSA) is 90.3 Å². The number of sulfonamides is 1. The van der Waals surface area contributed by atoms with Crippen molar-refractivity contribution in [2.24, 2.45) is 0 Å². The first-order valence-corrected chi connectivity index (χ1v) is 9.96. The molecule has 0 fully saturated rings. The number of hydrogen-bond donors (Lipinski definition) is 1. The lowest BCUT2D eigenvalue weighted by atomic mass is 10.1. The van der Waals surface area contributed by atoms with Crippen molar-refractivity contribution in [1.29, 1.82) is 5.26 Å². The van der Waals surface area contributed by atoms with Crippen molar-refractivity contribution in [1.82, 2.24) is 0 Å². The minimum Gasteiger partial charge on any atom is -0.324 e. The van der Waals surface area contributed by atoms with E-state index in [9.17, 15) is 13.2 Å². The molecule has 0 aromatic heterocycles. The smallest absolute Gasteiger partial charge is 0.247 e. The quantitative estimate of drug-likeness (QED) is 0.818. The van der Waals surface area contributed by atoms with Gasteiger partial charge in [-0.25, -0.2) is 8.42 Å². The maximum Gasteiger partial charge on any atom is 0.247 e. The van der Waals surface area contributed by atoms with Crippen LogP contribution < -0.4 is 9.62 Å². The Morgan fingerprint density at radius 1 is 1.19 bits per heavy atom. The van der Waals surface area contributed by atoms with Crippen LogP contribution in [-0.2, 0) is 21.2 Å². The summed E-state index contributed by atoms with van der Waals surface area (Å²) in [4.78, 5) is 12.6. The van der Waals surface area contributed by atoms with Gasteiger partial charge in [-0.2, -0.15) is 5.26 Å². The normalized spacial score (nSPS) is 12.1. The summed E-state index contributed by atoms with van der Waals surface area (Å²) in [5, 5.41) is 11.8. The Labute approximate surface area is 158 Å². The Bertz CT molecular complexity index is 920. The molecule has 0 saturated heterocycles. The lowest BCUT2D eigenvalue weighted by Gasteiger charge is -2.28. The standard InChI is InChI=1S/C18H18ClN3O3S/c1-13(18(23)21-16-7-3-14(4-8-16)11-12-20)22(26(2,24)25)17-9-5-15(19)6-10-17/h3-10,13H,11H2,1-2H3,(H,21,23). The van der Waals surface area contributed by atoms with Crippen LogP contribution in [0.1, 0.15) is 12.5 Å². The van der Waals surface area contributed by atoms with E-state index >= 15 is 0 Å². The fourth-order valence-electron chi connectivity index (χ4n) is 2.44. The van der Waals surface area contributed by atoms with Crippen molar-refractivity contribution in [3.05, 3.63) is 59.1 Å². The highest BCUT2D eigenvalue weighted by atomic mass is 35.5. The van der Waals surface area contributed by atoms with Crippen molar-refractivity contribution in [2.75, 3.05) is 15.9 Å². The number of anilines is 2. The number of rotatable bonds is 6. The van der Waals surface area contributed by atoms with E-state index in [0.29, 0.717) is 16.4 Å². The molecular formula is C18H18ClN3O3S. The molecule has 136 valence electrons. The maximum absolute atomic E-state index is 12.6. The van der Waals surface area contributed by atoms with E-state index in [1.165, 1.54) is 6.92 Å². The highest BCUT2D eigenvalue weighted by Crippen LogP contribution is 2.23. The number of carbonyl (C=O) groups is 1. The van der Waals surface area contributed by atoms with E-state index in [0.717, 1.165) is 16.1 Å². The lowest BCUT2D eigenvalue weighted by Crippen LogP contribution is -2.45. The molecule has 2 aromatic carbocycles. The van der Waals surface area contributed by atoms with E-state index < -0.39 is 22.0 Å². The van der Waals surface area contributed by atoms with E-state index in [1.54, 1.807) is 48.5 Å². The van der Waals surface area contributed by atoms with Crippen LogP contribution in [0.3, 0.4) is 0 Å². The SMILES string of the molecule is CC(C(=O)Nc1ccc(CC#N)cc1)N(c1ccc(Cl)cc1)S(C)(=O)=O. The molecule has 26 heavy (non-hydrogen) atoms. The summed E-state index contributed by atoms with van der Waals surface area (Å²) in [6, 6.07) is 14.1. The van der Waals surface area contributed by atoms with E-state index in [-0.39, 0.29) is 6.42 Å². The van der Waals surface area contributed by atoms with Crippen LogP contribution in [0.5, 0.6) is 0 Å². The van der Waals surface area contributed by atoms with E-state index in [4.69, 9.17) is 16.9 Å². The van der Waals surface area contributed by atoms with Gasteiger partial charge in [-0.1, -0.05) is 23.7 Å². The number of hydrogen-bond acceptors (Lipinski definition) is 4. The average molecular weight is 392 g/mol. The summed E-state index contributed by atoms with van der Waals surface area (Å²) in [6.45, 7) is 1.51. The van der Waals surface area contributed by atoms with Crippen LogP contribution in [-0.4, -0.2) is 26.6 Å². The van der Waals surface area contributed by atoms with Crippen molar-refractivity contribution >= 4 is 38.9 Å². The van der Waals surface area contributed by atoms with Crippen LogP contribution in [0, 0.1) is 11.3 Å². The molecular weight excluding hydrogens is 374 g/mol. The molecule has 1 atom stereocenters. The zero-order valence-corrected chi connectivity index (χ0v) is 15.9. The molecule has 2 rings (SSSR count). The zero-order valence-electron chi connectivity index (χ0n) is 14.3. The van der Waals surface area contributed by atoms with Crippen LogP contribution in [0.4, 0.5) is 11.4 Å². The highest BCUT2D eigenvalue weighted by molar-refractivity contribution is 7.92. The monoisotopic (exact) mass is 391 g/mol. The van der Waals surface area contributed by atoms with Crippen molar-refractivity contribution < 1.29 is 13.2 Å². The summed E-state index contributed by atoms with van der Waals surface area (Å²) in [6.07, 6.45) is 1.32. The molecule has 2 aromatic rings. The molecule has 0 spiro atoms. The second-order valence-corrected chi connectivity index (χ2v) is 8.03. The molecule has 1 unspecified atom stereocenters. The Balaban J connectivity index is 2.22. The molecule has 0 aliphatic rings. The van der Waals surface area contributed by atoms with Gasteiger partial charge in [0, 0.05) is 10.7 Å². The predicted molar refractivity (Wildman–Crippen MR) is 103 cm³/mol. The lowest BCUT2D eigenvalue weighted by molar-refractivity contribution is -0.116. The molecule has 8 heteroatoms. The van der Waals surface area contributed by atoms with Gasteiger partial charge in [0.1, 0.15) is 6.04 Å². The highest BCUT2D eigenvalue weighted by Gasteiger charge is 2.29. The van der Waals surface area contributed by atoms with Gasteiger partial charge in [-0.15, -0.1) is 0 Å². The number of amides is 1. The minimum absolute atomic E-state index is 0.281. The first-order chi connectivity index (χ1) is 12.2. The summed E-state index contributed by atoms with van der Waals surface area (Å²) in [5.41, 5.74) is 1.70. The van der Waals surface area contributed by atoms with Gasteiger partial charge in [0.2, 0.25) is 15.9 Å². The third-order valence-electron chi connectivity index (χ3n) is 3.67. The molecule has 1 N–H and O–H groups in total. The van der Waals surface area contributed by atoms with Gasteiger partial charge in [-0.05, 0) is 48.9 Å². The number of nitrogens with zero attached hydrogens (tertiary/aromatic N) is 2. The second-order valence-electron chi connectivity index (χ2n) is 5.73. The predicted octanol–water partition coefficient (Wildman–Crippen LogP) is 3.20. The molecule has 0 heterocycles.